The molecular weight excluding hydrogens is 168 g/mol. The summed E-state index contributed by atoms with van der Waals surface area (Å²) in [5, 5.41) is 0. The Morgan fingerprint density at radius 3 is 1.71 bits per heavy atom. The van der Waals surface area contributed by atoms with Gasteiger partial charge in [0.25, 0.3) is 0 Å². The molecule has 0 heterocycles. The summed E-state index contributed by atoms with van der Waals surface area (Å²) in [6, 6.07) is 0. The topological polar surface area (TPSA) is 0 Å². The van der Waals surface area contributed by atoms with Crippen LogP contribution in [0.2, 0.25) is 0 Å². The maximum Gasteiger partial charge on any atom is -0.0195 e. The average Bonchev–Trinajstić information content (AvgIpc) is 2.03. The molecule has 0 spiro atoms. The molecule has 0 heteroatoms. The average molecular weight is 196 g/mol. The summed E-state index contributed by atoms with van der Waals surface area (Å²) in [5.41, 5.74) is 1.60. The first-order valence-corrected chi connectivity index (χ1v) is 6.21. The maximum atomic E-state index is 2.47. The maximum absolute atomic E-state index is 2.47. The fourth-order valence-electron chi connectivity index (χ4n) is 3.78. The Hall–Kier alpha value is 0. The van der Waals surface area contributed by atoms with Crippen molar-refractivity contribution in [2.24, 2.45) is 22.2 Å². The van der Waals surface area contributed by atoms with E-state index in [9.17, 15) is 0 Å². The molecule has 0 N–H and O–H groups in total. The summed E-state index contributed by atoms with van der Waals surface area (Å²) >= 11 is 0. The van der Waals surface area contributed by atoms with Crippen molar-refractivity contribution in [3.63, 3.8) is 0 Å². The van der Waals surface area contributed by atoms with Crippen LogP contribution in [0.1, 0.15) is 67.7 Å². The van der Waals surface area contributed by atoms with Crippen LogP contribution >= 0.6 is 0 Å². The number of hydrogen-bond donors (Lipinski definition) is 0. The van der Waals surface area contributed by atoms with Crippen molar-refractivity contribution in [3.8, 4) is 0 Å². The summed E-state index contributed by atoms with van der Waals surface area (Å²) < 4.78 is 0. The minimum absolute atomic E-state index is 0.476. The fraction of sp³-hybridized carbons (Fsp3) is 1.00. The first-order chi connectivity index (χ1) is 6.21. The van der Waals surface area contributed by atoms with Gasteiger partial charge in [-0.15, -0.1) is 0 Å². The molecule has 0 saturated heterocycles. The van der Waals surface area contributed by atoms with Crippen LogP contribution in [0.4, 0.5) is 0 Å². The van der Waals surface area contributed by atoms with Crippen LogP contribution in [0, 0.1) is 22.2 Å². The summed E-state index contributed by atoms with van der Waals surface area (Å²) in [5.74, 6) is 0.780. The van der Waals surface area contributed by atoms with Gasteiger partial charge in [-0.2, -0.15) is 0 Å². The van der Waals surface area contributed by atoms with E-state index in [-0.39, 0.29) is 0 Å². The molecule has 14 heavy (non-hydrogen) atoms. The standard InChI is InChI=1S/C14H28/c1-8-14(10-9-12(14,4)5)13(6,7)11(2)3/h11H,8-10H2,1-7H3. The van der Waals surface area contributed by atoms with Crippen molar-refractivity contribution < 1.29 is 0 Å². The molecule has 0 aromatic heterocycles. The van der Waals surface area contributed by atoms with E-state index < -0.39 is 0 Å². The van der Waals surface area contributed by atoms with Crippen LogP contribution < -0.4 is 0 Å². The summed E-state index contributed by atoms with van der Waals surface area (Å²) in [6.07, 6.45) is 4.18. The van der Waals surface area contributed by atoms with Crippen molar-refractivity contribution in [2.75, 3.05) is 0 Å². The van der Waals surface area contributed by atoms with Crippen LogP contribution in [0.5, 0.6) is 0 Å². The Bertz CT molecular complexity index is 206. The van der Waals surface area contributed by atoms with Gasteiger partial charge in [0.1, 0.15) is 0 Å². The number of hydrogen-bond acceptors (Lipinski definition) is 0. The van der Waals surface area contributed by atoms with Crippen molar-refractivity contribution in [1.29, 1.82) is 0 Å². The van der Waals surface area contributed by atoms with E-state index in [0.717, 1.165) is 5.92 Å². The van der Waals surface area contributed by atoms with E-state index in [1.165, 1.54) is 19.3 Å². The molecule has 1 rings (SSSR count). The molecule has 1 aliphatic carbocycles. The van der Waals surface area contributed by atoms with Gasteiger partial charge in [-0.05, 0) is 41.4 Å². The highest BCUT2D eigenvalue weighted by Gasteiger charge is 2.59. The van der Waals surface area contributed by atoms with Gasteiger partial charge in [0.2, 0.25) is 0 Å². The molecule has 0 aliphatic heterocycles. The smallest absolute Gasteiger partial charge is 0.0195 e. The molecule has 0 nitrogen and oxygen atoms in total. The zero-order valence-electron chi connectivity index (χ0n) is 11.2. The third kappa shape index (κ3) is 1.26. The van der Waals surface area contributed by atoms with E-state index >= 15 is 0 Å². The van der Waals surface area contributed by atoms with Crippen molar-refractivity contribution in [2.45, 2.75) is 67.7 Å². The molecule has 0 radical (unpaired) electrons. The van der Waals surface area contributed by atoms with E-state index in [0.29, 0.717) is 16.2 Å². The van der Waals surface area contributed by atoms with Gasteiger partial charge in [0.05, 0.1) is 0 Å². The molecule has 1 atom stereocenters. The molecule has 1 fully saturated rings. The quantitative estimate of drug-likeness (QED) is 0.603. The van der Waals surface area contributed by atoms with Gasteiger partial charge in [-0.3, -0.25) is 0 Å². The molecule has 1 saturated carbocycles. The fourth-order valence-corrected chi connectivity index (χ4v) is 3.78. The lowest BCUT2D eigenvalue weighted by Gasteiger charge is -2.65. The van der Waals surface area contributed by atoms with Crippen LogP contribution in [0.15, 0.2) is 0 Å². The molecular formula is C14H28. The third-order valence-corrected chi connectivity index (χ3v) is 5.75. The monoisotopic (exact) mass is 196 g/mol. The van der Waals surface area contributed by atoms with Crippen molar-refractivity contribution >= 4 is 0 Å². The zero-order chi connectivity index (χ0) is 11.2. The first kappa shape index (κ1) is 12.1. The van der Waals surface area contributed by atoms with E-state index in [2.05, 4.69) is 48.5 Å². The van der Waals surface area contributed by atoms with Gasteiger partial charge in [0.15, 0.2) is 0 Å². The molecule has 0 aromatic carbocycles. The molecule has 0 aromatic rings. The second-order valence-electron chi connectivity index (χ2n) is 6.70. The predicted octanol–water partition coefficient (Wildman–Crippen LogP) is 4.89. The summed E-state index contributed by atoms with van der Waals surface area (Å²) in [4.78, 5) is 0. The Balaban J connectivity index is 3.03. The molecule has 0 amide bonds. The Labute approximate surface area is 90.5 Å². The summed E-state index contributed by atoms with van der Waals surface area (Å²) in [7, 11) is 0. The minimum Gasteiger partial charge on any atom is -0.0648 e. The van der Waals surface area contributed by atoms with Crippen molar-refractivity contribution in [3.05, 3.63) is 0 Å². The molecule has 1 unspecified atom stereocenters. The molecule has 84 valence electrons. The third-order valence-electron chi connectivity index (χ3n) is 5.75. The van der Waals surface area contributed by atoms with Crippen LogP contribution in [0.25, 0.3) is 0 Å². The lowest BCUT2D eigenvalue weighted by molar-refractivity contribution is -0.163. The van der Waals surface area contributed by atoms with Gasteiger partial charge in [0, 0.05) is 0 Å². The number of rotatable bonds is 3. The van der Waals surface area contributed by atoms with Crippen LogP contribution in [-0.2, 0) is 0 Å². The highest BCUT2D eigenvalue weighted by atomic mass is 14.6. The highest BCUT2D eigenvalue weighted by molar-refractivity contribution is 5.09. The van der Waals surface area contributed by atoms with E-state index in [4.69, 9.17) is 0 Å². The summed E-state index contributed by atoms with van der Waals surface area (Å²) in [6.45, 7) is 17.0. The lowest BCUT2D eigenvalue weighted by Crippen LogP contribution is -2.57. The van der Waals surface area contributed by atoms with Gasteiger partial charge in [-0.1, -0.05) is 48.5 Å². The van der Waals surface area contributed by atoms with Gasteiger partial charge < -0.3 is 0 Å². The van der Waals surface area contributed by atoms with Gasteiger partial charge >= 0.3 is 0 Å². The highest BCUT2D eigenvalue weighted by Crippen LogP contribution is 2.68. The Morgan fingerprint density at radius 1 is 1.14 bits per heavy atom. The van der Waals surface area contributed by atoms with E-state index in [1.807, 2.05) is 0 Å². The Kier molecular flexibility index (Phi) is 2.80. The van der Waals surface area contributed by atoms with Gasteiger partial charge in [-0.25, -0.2) is 0 Å². The molecule has 0 bridgehead atoms. The lowest BCUT2D eigenvalue weighted by atomic mass is 9.39. The second-order valence-corrected chi connectivity index (χ2v) is 6.70. The predicted molar refractivity (Wildman–Crippen MR) is 64.4 cm³/mol. The Morgan fingerprint density at radius 2 is 1.64 bits per heavy atom. The van der Waals surface area contributed by atoms with Crippen LogP contribution in [-0.4, -0.2) is 0 Å². The zero-order valence-corrected chi connectivity index (χ0v) is 11.2. The minimum atomic E-state index is 0.476. The van der Waals surface area contributed by atoms with E-state index in [1.54, 1.807) is 0 Å². The second kappa shape index (κ2) is 3.25. The SMILES string of the molecule is CCC1(C(C)(C)C(C)C)CCC1(C)C. The van der Waals surface area contributed by atoms with Crippen LogP contribution in [0.3, 0.4) is 0 Å². The normalized spacial score (nSPS) is 31.7. The van der Waals surface area contributed by atoms with Crippen molar-refractivity contribution in [1.82, 2.24) is 0 Å². The molecule has 1 aliphatic rings. The largest absolute Gasteiger partial charge is 0.0648 e. The first-order valence-electron chi connectivity index (χ1n) is 6.21.